The van der Waals surface area contributed by atoms with E-state index >= 15 is 0 Å². The van der Waals surface area contributed by atoms with Crippen LogP contribution in [-0.2, 0) is 14.9 Å². The van der Waals surface area contributed by atoms with Crippen LogP contribution in [0, 0.1) is 5.92 Å². The van der Waals surface area contributed by atoms with Crippen molar-refractivity contribution < 1.29 is 9.53 Å². The summed E-state index contributed by atoms with van der Waals surface area (Å²) in [6, 6.07) is 8.16. The maximum atomic E-state index is 11.4. The molecule has 0 aliphatic carbocycles. The molecule has 1 unspecified atom stereocenters. The van der Waals surface area contributed by atoms with E-state index in [4.69, 9.17) is 27.1 Å². The number of ether oxygens (including phenoxy) is 1. The van der Waals surface area contributed by atoms with Crippen LogP contribution in [0.4, 0.5) is 0 Å². The average molecular weight is 421 g/mol. The predicted molar refractivity (Wildman–Crippen MR) is 117 cm³/mol. The molecule has 1 atom stereocenters. The Morgan fingerprint density at radius 3 is 2.90 bits per heavy atom. The largest absolute Gasteiger partial charge is 0.381 e. The van der Waals surface area contributed by atoms with Gasteiger partial charge in [0, 0.05) is 49.7 Å². The first-order valence-corrected chi connectivity index (χ1v) is 11.1. The molecule has 2 aliphatic heterocycles. The number of benzene rings is 1. The molecule has 3 N–H and O–H groups in total. The van der Waals surface area contributed by atoms with Crippen LogP contribution in [0.25, 0.3) is 0 Å². The number of likely N-dealkylation sites (tertiary alicyclic amines) is 1. The number of carbonyl (C=O) groups is 1. The van der Waals surface area contributed by atoms with Gasteiger partial charge < -0.3 is 20.7 Å². The third-order valence-electron chi connectivity index (χ3n) is 6.06. The van der Waals surface area contributed by atoms with Crippen molar-refractivity contribution in [3.8, 4) is 0 Å². The molecule has 7 heteroatoms. The number of halogens is 1. The van der Waals surface area contributed by atoms with Crippen molar-refractivity contribution in [2.45, 2.75) is 44.4 Å². The molecule has 2 fully saturated rings. The number of aliphatic imine (C=N–C) groups is 1. The molecule has 6 nitrogen and oxygen atoms in total. The van der Waals surface area contributed by atoms with Crippen LogP contribution in [0.2, 0.25) is 5.02 Å². The highest BCUT2D eigenvalue weighted by atomic mass is 35.5. The summed E-state index contributed by atoms with van der Waals surface area (Å²) < 4.78 is 5.65. The number of guanidine groups is 1. The lowest BCUT2D eigenvalue weighted by Crippen LogP contribution is -2.48. The Morgan fingerprint density at radius 1 is 1.41 bits per heavy atom. The molecule has 0 spiro atoms. The van der Waals surface area contributed by atoms with Gasteiger partial charge >= 0.3 is 0 Å². The van der Waals surface area contributed by atoms with Gasteiger partial charge in [0.05, 0.1) is 6.54 Å². The third-order valence-corrected chi connectivity index (χ3v) is 6.30. The van der Waals surface area contributed by atoms with E-state index in [0.29, 0.717) is 18.9 Å². The zero-order valence-electron chi connectivity index (χ0n) is 17.3. The number of carbonyl (C=O) groups excluding carboxylic acids is 1. The number of nitrogens with two attached hydrogens (primary N) is 1. The fourth-order valence-corrected chi connectivity index (χ4v) is 4.67. The van der Waals surface area contributed by atoms with Crippen molar-refractivity contribution >= 4 is 23.5 Å². The maximum Gasteiger partial charge on any atom is 0.217 e. The Bertz CT molecular complexity index is 719. The minimum atomic E-state index is -0.221. The SMILES string of the molecule is CCNC(=NCC1(c2cccc(Cl)c2)CCOCC1)N1CCCC(CC(N)=O)C1. The smallest absolute Gasteiger partial charge is 0.217 e. The summed E-state index contributed by atoms with van der Waals surface area (Å²) in [7, 11) is 0. The fourth-order valence-electron chi connectivity index (χ4n) is 4.48. The molecule has 1 amide bonds. The lowest BCUT2D eigenvalue weighted by molar-refractivity contribution is -0.119. The van der Waals surface area contributed by atoms with Gasteiger partial charge in [-0.2, -0.15) is 0 Å². The van der Waals surface area contributed by atoms with E-state index in [-0.39, 0.29) is 11.3 Å². The Hall–Kier alpha value is -1.79. The number of amides is 1. The number of piperidine rings is 1. The molecule has 1 aromatic rings. The summed E-state index contributed by atoms with van der Waals surface area (Å²) in [5, 5.41) is 4.21. The molecule has 0 saturated carbocycles. The van der Waals surface area contributed by atoms with E-state index < -0.39 is 0 Å². The number of rotatable bonds is 6. The highest BCUT2D eigenvalue weighted by Crippen LogP contribution is 2.36. The second kappa shape index (κ2) is 10.3. The lowest BCUT2D eigenvalue weighted by Gasteiger charge is -2.38. The summed E-state index contributed by atoms with van der Waals surface area (Å²) in [5.74, 6) is 1.01. The molecular weight excluding hydrogens is 388 g/mol. The Morgan fingerprint density at radius 2 is 2.21 bits per heavy atom. The molecule has 0 aromatic heterocycles. The highest BCUT2D eigenvalue weighted by Gasteiger charge is 2.35. The van der Waals surface area contributed by atoms with Crippen LogP contribution >= 0.6 is 11.6 Å². The molecule has 29 heavy (non-hydrogen) atoms. The van der Waals surface area contributed by atoms with Gasteiger partial charge in [0.25, 0.3) is 0 Å². The van der Waals surface area contributed by atoms with Crippen molar-refractivity contribution in [2.24, 2.45) is 16.6 Å². The van der Waals surface area contributed by atoms with E-state index in [1.54, 1.807) is 0 Å². The molecule has 2 saturated heterocycles. The first-order chi connectivity index (χ1) is 14.0. The van der Waals surface area contributed by atoms with Gasteiger partial charge in [0.2, 0.25) is 5.91 Å². The number of primary amides is 1. The van der Waals surface area contributed by atoms with Crippen LogP contribution < -0.4 is 11.1 Å². The normalized spacial score (nSPS) is 22.3. The standard InChI is InChI=1S/C22H33ClN4O2/c1-2-25-21(27-10-4-5-17(15-27)13-20(24)28)26-16-22(8-11-29-12-9-22)18-6-3-7-19(23)14-18/h3,6-7,14,17H,2,4-5,8-13,15-16H2,1H3,(H2,24,28)(H,25,26). The van der Waals surface area contributed by atoms with Crippen LogP contribution in [0.5, 0.6) is 0 Å². The number of hydrogen-bond donors (Lipinski definition) is 2. The lowest BCUT2D eigenvalue weighted by atomic mass is 9.74. The molecule has 2 aliphatic rings. The Balaban J connectivity index is 1.80. The van der Waals surface area contributed by atoms with Crippen LogP contribution in [-0.4, -0.2) is 56.2 Å². The Labute approximate surface area is 178 Å². The summed E-state index contributed by atoms with van der Waals surface area (Å²) in [5.41, 5.74) is 6.60. The minimum Gasteiger partial charge on any atom is -0.381 e. The molecular formula is C22H33ClN4O2. The van der Waals surface area contributed by atoms with E-state index in [1.165, 1.54) is 5.56 Å². The molecule has 0 bridgehead atoms. The number of nitrogens with zero attached hydrogens (tertiary/aromatic N) is 2. The van der Waals surface area contributed by atoms with Crippen LogP contribution in [0.1, 0.15) is 44.6 Å². The molecule has 3 rings (SSSR count). The summed E-state index contributed by atoms with van der Waals surface area (Å²) in [4.78, 5) is 18.7. The van der Waals surface area contributed by atoms with Crippen molar-refractivity contribution in [3.05, 3.63) is 34.9 Å². The molecule has 0 radical (unpaired) electrons. The van der Waals surface area contributed by atoms with Gasteiger partial charge in [0.1, 0.15) is 0 Å². The zero-order chi connectivity index (χ0) is 20.7. The monoisotopic (exact) mass is 420 g/mol. The number of hydrogen-bond acceptors (Lipinski definition) is 3. The summed E-state index contributed by atoms with van der Waals surface area (Å²) in [6.07, 6.45) is 4.40. The van der Waals surface area contributed by atoms with Gasteiger partial charge in [-0.05, 0) is 56.2 Å². The van der Waals surface area contributed by atoms with Crippen LogP contribution in [0.15, 0.2) is 29.3 Å². The van der Waals surface area contributed by atoms with Gasteiger partial charge in [-0.25, -0.2) is 0 Å². The second-order valence-electron chi connectivity index (χ2n) is 8.20. The molecule has 1 aromatic carbocycles. The first-order valence-electron chi connectivity index (χ1n) is 10.7. The topological polar surface area (TPSA) is 80.0 Å². The van der Waals surface area contributed by atoms with E-state index in [0.717, 1.165) is 69.5 Å². The van der Waals surface area contributed by atoms with Crippen molar-refractivity contribution in [2.75, 3.05) is 39.4 Å². The highest BCUT2D eigenvalue weighted by molar-refractivity contribution is 6.30. The third kappa shape index (κ3) is 5.86. The van der Waals surface area contributed by atoms with E-state index in [2.05, 4.69) is 29.3 Å². The maximum absolute atomic E-state index is 11.4. The number of nitrogens with one attached hydrogen (secondary N) is 1. The first kappa shape index (κ1) is 21.9. The second-order valence-corrected chi connectivity index (χ2v) is 8.63. The fraction of sp³-hybridized carbons (Fsp3) is 0.636. The van der Waals surface area contributed by atoms with Crippen molar-refractivity contribution in [3.63, 3.8) is 0 Å². The summed E-state index contributed by atoms with van der Waals surface area (Å²) in [6.45, 7) is 6.84. The Kier molecular flexibility index (Phi) is 7.78. The molecule has 160 valence electrons. The van der Waals surface area contributed by atoms with Crippen molar-refractivity contribution in [1.82, 2.24) is 10.2 Å². The van der Waals surface area contributed by atoms with Gasteiger partial charge in [-0.3, -0.25) is 9.79 Å². The van der Waals surface area contributed by atoms with Crippen LogP contribution in [0.3, 0.4) is 0 Å². The van der Waals surface area contributed by atoms with E-state index in [1.807, 2.05) is 12.1 Å². The van der Waals surface area contributed by atoms with Gasteiger partial charge in [-0.15, -0.1) is 0 Å². The molecule has 2 heterocycles. The predicted octanol–water partition coefficient (Wildman–Crippen LogP) is 2.94. The average Bonchev–Trinajstić information content (AvgIpc) is 2.71. The minimum absolute atomic E-state index is 0.0633. The zero-order valence-corrected chi connectivity index (χ0v) is 18.1. The van der Waals surface area contributed by atoms with Gasteiger partial charge in [-0.1, -0.05) is 23.7 Å². The van der Waals surface area contributed by atoms with Crippen molar-refractivity contribution in [1.29, 1.82) is 0 Å². The quantitative estimate of drug-likeness (QED) is 0.547. The van der Waals surface area contributed by atoms with E-state index in [9.17, 15) is 4.79 Å². The summed E-state index contributed by atoms with van der Waals surface area (Å²) >= 11 is 6.29. The van der Waals surface area contributed by atoms with Gasteiger partial charge in [0.15, 0.2) is 5.96 Å².